The van der Waals surface area contributed by atoms with Gasteiger partial charge in [-0.2, -0.15) is 13.2 Å². The van der Waals surface area contributed by atoms with Crippen LogP contribution in [0.1, 0.15) is 29.5 Å². The van der Waals surface area contributed by atoms with Crippen LogP contribution in [0.25, 0.3) is 0 Å². The Labute approximate surface area is 173 Å². The van der Waals surface area contributed by atoms with Gasteiger partial charge in [0.25, 0.3) is 0 Å². The molecule has 0 aromatic heterocycles. The fourth-order valence-corrected chi connectivity index (χ4v) is 4.03. The lowest BCUT2D eigenvalue weighted by molar-refractivity contribution is -0.137. The minimum Gasteiger partial charge on any atom is -0.352 e. The van der Waals surface area contributed by atoms with Gasteiger partial charge < -0.3 is 10.6 Å². The van der Waals surface area contributed by atoms with Gasteiger partial charge >= 0.3 is 6.18 Å². The molecular weight excluding hydrogens is 417 g/mol. The van der Waals surface area contributed by atoms with E-state index < -0.39 is 21.8 Å². The average Bonchev–Trinajstić information content (AvgIpc) is 3.51. The molecule has 30 heavy (non-hydrogen) atoms. The number of halogens is 3. The first-order chi connectivity index (χ1) is 14.2. The zero-order valence-electron chi connectivity index (χ0n) is 16.3. The molecule has 0 saturated heterocycles. The van der Waals surface area contributed by atoms with Crippen molar-refractivity contribution in [2.45, 2.75) is 43.0 Å². The lowest BCUT2D eigenvalue weighted by Gasteiger charge is -2.13. The molecule has 3 N–H and O–H groups in total. The summed E-state index contributed by atoms with van der Waals surface area (Å²) in [6.07, 6.45) is -2.65. The van der Waals surface area contributed by atoms with E-state index >= 15 is 0 Å². The normalized spacial score (nSPS) is 15.1. The third-order valence-electron chi connectivity index (χ3n) is 4.53. The Hall–Kier alpha value is -2.59. The molecule has 2 aromatic rings. The van der Waals surface area contributed by atoms with E-state index in [2.05, 4.69) is 20.3 Å². The van der Waals surface area contributed by atoms with E-state index in [0.29, 0.717) is 18.1 Å². The van der Waals surface area contributed by atoms with Crippen LogP contribution < -0.4 is 15.4 Å². The maximum Gasteiger partial charge on any atom is 0.416 e. The smallest absolute Gasteiger partial charge is 0.352 e. The quantitative estimate of drug-likeness (QED) is 0.457. The molecule has 0 bridgehead atoms. The van der Waals surface area contributed by atoms with Gasteiger partial charge in [0.15, 0.2) is 5.96 Å². The topological polar surface area (TPSA) is 82.6 Å². The Morgan fingerprint density at radius 3 is 2.23 bits per heavy atom. The molecule has 0 atom stereocenters. The molecule has 162 valence electrons. The van der Waals surface area contributed by atoms with E-state index in [1.54, 1.807) is 37.4 Å². The van der Waals surface area contributed by atoms with Crippen LogP contribution >= 0.6 is 0 Å². The minimum atomic E-state index is -4.39. The summed E-state index contributed by atoms with van der Waals surface area (Å²) >= 11 is 0. The Balaban J connectivity index is 1.53. The third-order valence-corrected chi connectivity index (χ3v) is 6.07. The highest BCUT2D eigenvalue weighted by Crippen LogP contribution is 2.29. The molecule has 0 amide bonds. The second-order valence-electron chi connectivity index (χ2n) is 7.02. The molecule has 0 aliphatic heterocycles. The number of hydrogen-bond acceptors (Lipinski definition) is 3. The summed E-state index contributed by atoms with van der Waals surface area (Å²) in [4.78, 5) is 4.27. The van der Waals surface area contributed by atoms with Crippen LogP contribution in [0.3, 0.4) is 0 Å². The van der Waals surface area contributed by atoms with Gasteiger partial charge in [-0.25, -0.2) is 13.1 Å². The van der Waals surface area contributed by atoms with Crippen LogP contribution in [0.15, 0.2) is 58.4 Å². The molecule has 0 unspecified atom stereocenters. The summed E-state index contributed by atoms with van der Waals surface area (Å²) in [6, 6.07) is 11.6. The van der Waals surface area contributed by atoms with Crippen LogP contribution in [0.5, 0.6) is 0 Å². The summed E-state index contributed by atoms with van der Waals surface area (Å²) in [5, 5.41) is 6.02. The van der Waals surface area contributed by atoms with Gasteiger partial charge in [-0.3, -0.25) is 4.99 Å². The fraction of sp³-hybridized carbons (Fsp3) is 0.350. The average molecular weight is 440 g/mol. The van der Waals surface area contributed by atoms with Crippen molar-refractivity contribution >= 4 is 16.0 Å². The molecule has 2 aromatic carbocycles. The fourth-order valence-electron chi connectivity index (χ4n) is 2.72. The molecular formula is C20H23F3N4O2S. The SMILES string of the molecule is CN=C(NCc1ccc(S(=O)(=O)NC2CC2)cc1)NCc1cccc(C(F)(F)F)c1. The Bertz CT molecular complexity index is 1000. The number of benzene rings is 2. The molecule has 3 rings (SSSR count). The molecule has 1 aliphatic rings. The maximum atomic E-state index is 12.8. The number of hydrogen-bond donors (Lipinski definition) is 3. The molecule has 1 aliphatic carbocycles. The van der Waals surface area contributed by atoms with E-state index in [1.807, 2.05) is 0 Å². The van der Waals surface area contributed by atoms with Crippen LogP contribution in [-0.4, -0.2) is 27.5 Å². The Morgan fingerprint density at radius 2 is 1.67 bits per heavy atom. The molecule has 0 radical (unpaired) electrons. The van der Waals surface area contributed by atoms with Crippen molar-refractivity contribution in [2.75, 3.05) is 7.05 Å². The van der Waals surface area contributed by atoms with Gasteiger partial charge in [0, 0.05) is 26.2 Å². The lowest BCUT2D eigenvalue weighted by Crippen LogP contribution is -2.36. The van der Waals surface area contributed by atoms with E-state index in [4.69, 9.17) is 0 Å². The van der Waals surface area contributed by atoms with Crippen molar-refractivity contribution in [3.63, 3.8) is 0 Å². The van der Waals surface area contributed by atoms with Crippen molar-refractivity contribution in [1.29, 1.82) is 0 Å². The molecule has 0 heterocycles. The second kappa shape index (κ2) is 9.05. The van der Waals surface area contributed by atoms with Crippen LogP contribution in [-0.2, 0) is 29.3 Å². The predicted molar refractivity (Wildman–Crippen MR) is 108 cm³/mol. The Kier molecular flexibility index (Phi) is 6.67. The van der Waals surface area contributed by atoms with E-state index in [9.17, 15) is 21.6 Å². The number of rotatable bonds is 7. The van der Waals surface area contributed by atoms with Gasteiger partial charge in [0.2, 0.25) is 10.0 Å². The molecule has 1 saturated carbocycles. The van der Waals surface area contributed by atoms with Crippen molar-refractivity contribution in [1.82, 2.24) is 15.4 Å². The first-order valence-corrected chi connectivity index (χ1v) is 10.9. The Morgan fingerprint density at radius 1 is 1.03 bits per heavy atom. The minimum absolute atomic E-state index is 0.0440. The largest absolute Gasteiger partial charge is 0.416 e. The molecule has 10 heteroatoms. The summed E-state index contributed by atoms with van der Waals surface area (Å²) in [6.45, 7) is 0.548. The van der Waals surface area contributed by atoms with E-state index in [1.165, 1.54) is 6.07 Å². The second-order valence-corrected chi connectivity index (χ2v) is 8.73. The van der Waals surface area contributed by atoms with Gasteiger partial charge in [0.1, 0.15) is 0 Å². The van der Waals surface area contributed by atoms with Gasteiger partial charge in [-0.05, 0) is 48.2 Å². The monoisotopic (exact) mass is 440 g/mol. The zero-order chi connectivity index (χ0) is 21.8. The number of alkyl halides is 3. The number of sulfonamides is 1. The first kappa shape index (κ1) is 22.1. The third kappa shape index (κ3) is 6.20. The lowest BCUT2D eigenvalue weighted by atomic mass is 10.1. The predicted octanol–water partition coefficient (Wildman–Crippen LogP) is 3.01. The van der Waals surface area contributed by atoms with Gasteiger partial charge in [-0.1, -0.05) is 24.3 Å². The molecule has 6 nitrogen and oxygen atoms in total. The number of nitrogens with one attached hydrogen (secondary N) is 3. The highest BCUT2D eigenvalue weighted by Gasteiger charge is 2.30. The van der Waals surface area contributed by atoms with Crippen LogP contribution in [0.4, 0.5) is 13.2 Å². The van der Waals surface area contributed by atoms with E-state index in [-0.39, 0.29) is 17.5 Å². The number of guanidine groups is 1. The van der Waals surface area contributed by atoms with Gasteiger partial charge in [0.05, 0.1) is 10.5 Å². The number of aliphatic imine (C=N–C) groups is 1. The summed E-state index contributed by atoms with van der Waals surface area (Å²) < 4.78 is 65.4. The van der Waals surface area contributed by atoms with Crippen molar-refractivity contribution in [3.05, 3.63) is 65.2 Å². The van der Waals surface area contributed by atoms with Crippen molar-refractivity contribution in [3.8, 4) is 0 Å². The zero-order valence-corrected chi connectivity index (χ0v) is 17.1. The maximum absolute atomic E-state index is 12.8. The summed E-state index contributed by atoms with van der Waals surface area (Å²) in [5.74, 6) is 0.416. The van der Waals surface area contributed by atoms with Crippen molar-refractivity contribution in [2.24, 2.45) is 4.99 Å². The standard InChI is InChI=1S/C20H23F3N4O2S/c1-24-19(26-13-15-3-2-4-16(11-15)20(21,22)23)25-12-14-5-9-18(10-6-14)30(28,29)27-17-7-8-17/h2-6,9-11,17,27H,7-8,12-13H2,1H3,(H2,24,25,26). The highest BCUT2D eigenvalue weighted by molar-refractivity contribution is 7.89. The van der Waals surface area contributed by atoms with Crippen molar-refractivity contribution < 1.29 is 21.6 Å². The summed E-state index contributed by atoms with van der Waals surface area (Å²) in [7, 11) is -1.93. The highest BCUT2D eigenvalue weighted by atomic mass is 32.2. The molecule has 0 spiro atoms. The first-order valence-electron chi connectivity index (χ1n) is 9.39. The number of nitrogens with zero attached hydrogens (tertiary/aromatic N) is 1. The van der Waals surface area contributed by atoms with Gasteiger partial charge in [-0.15, -0.1) is 0 Å². The van der Waals surface area contributed by atoms with Crippen LogP contribution in [0, 0.1) is 0 Å². The van der Waals surface area contributed by atoms with E-state index in [0.717, 1.165) is 30.5 Å². The van der Waals surface area contributed by atoms with Crippen LogP contribution in [0.2, 0.25) is 0 Å². The molecule has 1 fully saturated rings. The summed E-state index contributed by atoms with van der Waals surface area (Å²) in [5.41, 5.74) is 0.615.